The predicted octanol–water partition coefficient (Wildman–Crippen LogP) is 3.56. The number of aromatic amines is 1. The molecule has 5 heteroatoms. The van der Waals surface area contributed by atoms with Gasteiger partial charge in [-0.1, -0.05) is 60.7 Å². The Morgan fingerprint density at radius 3 is 1.85 bits per heavy atom. The maximum atomic E-state index is 12.2. The summed E-state index contributed by atoms with van der Waals surface area (Å²) in [4.78, 5) is 36.5. The summed E-state index contributed by atoms with van der Waals surface area (Å²) in [6, 6.07) is 17.6. The van der Waals surface area contributed by atoms with Gasteiger partial charge in [0.05, 0.1) is 11.8 Å². The molecule has 0 radical (unpaired) electrons. The van der Waals surface area contributed by atoms with E-state index in [2.05, 4.69) is 10.2 Å². The zero-order valence-corrected chi connectivity index (χ0v) is 14.3. The third kappa shape index (κ3) is 4.61. The first-order chi connectivity index (χ1) is 13.1. The van der Waals surface area contributed by atoms with E-state index in [9.17, 15) is 14.4 Å². The number of rotatable bonds is 6. The molecule has 3 aromatic rings. The average molecular weight is 356 g/mol. The average Bonchev–Trinajstić information content (AvgIpc) is 2.72. The van der Waals surface area contributed by atoms with Gasteiger partial charge in [0.25, 0.3) is 5.56 Å². The second-order valence-corrected chi connectivity index (χ2v) is 5.70. The van der Waals surface area contributed by atoms with Crippen molar-refractivity contribution in [1.29, 1.82) is 0 Å². The number of H-pyrrole nitrogens is 1. The summed E-state index contributed by atoms with van der Waals surface area (Å²) >= 11 is 0. The molecule has 0 aliphatic rings. The minimum absolute atomic E-state index is 0.189. The lowest BCUT2D eigenvalue weighted by Gasteiger charge is -2.00. The molecular formula is C22H16N2O3. The maximum absolute atomic E-state index is 12.2. The van der Waals surface area contributed by atoms with Crippen LogP contribution in [0, 0.1) is 0 Å². The van der Waals surface area contributed by atoms with Crippen molar-refractivity contribution in [3.63, 3.8) is 0 Å². The van der Waals surface area contributed by atoms with Gasteiger partial charge in [-0.05, 0) is 24.3 Å². The van der Waals surface area contributed by atoms with Crippen LogP contribution in [0.1, 0.15) is 31.8 Å². The highest BCUT2D eigenvalue weighted by Gasteiger charge is 2.06. The third-order valence-electron chi connectivity index (χ3n) is 3.86. The first-order valence-corrected chi connectivity index (χ1v) is 8.28. The van der Waals surface area contributed by atoms with Crippen molar-refractivity contribution < 1.29 is 9.59 Å². The molecule has 0 saturated carbocycles. The van der Waals surface area contributed by atoms with Crippen molar-refractivity contribution in [3.8, 4) is 0 Å². The number of nitrogens with one attached hydrogen (secondary N) is 1. The Balaban J connectivity index is 1.86. The fraction of sp³-hybridized carbons (Fsp3) is 0. The van der Waals surface area contributed by atoms with Crippen LogP contribution in [0.3, 0.4) is 0 Å². The van der Waals surface area contributed by atoms with Crippen molar-refractivity contribution in [2.24, 2.45) is 0 Å². The highest BCUT2D eigenvalue weighted by atomic mass is 16.1. The van der Waals surface area contributed by atoms with E-state index in [4.69, 9.17) is 0 Å². The monoisotopic (exact) mass is 356 g/mol. The molecule has 0 fully saturated rings. The number of nitrogens with zero attached hydrogens (tertiary/aromatic N) is 1. The van der Waals surface area contributed by atoms with Crippen molar-refractivity contribution >= 4 is 23.7 Å². The van der Waals surface area contributed by atoms with Crippen LogP contribution in [-0.4, -0.2) is 21.8 Å². The summed E-state index contributed by atoms with van der Waals surface area (Å²) < 4.78 is 0. The molecule has 0 aliphatic heterocycles. The molecule has 1 N–H and O–H groups in total. The zero-order valence-electron chi connectivity index (χ0n) is 14.3. The van der Waals surface area contributed by atoms with Gasteiger partial charge >= 0.3 is 0 Å². The van der Waals surface area contributed by atoms with Crippen LogP contribution < -0.4 is 5.56 Å². The van der Waals surface area contributed by atoms with Crippen LogP contribution in [0.15, 0.2) is 83.8 Å². The molecule has 0 unspecified atom stereocenters. The molecule has 0 atom stereocenters. The van der Waals surface area contributed by atoms with Gasteiger partial charge in [-0.3, -0.25) is 14.4 Å². The van der Waals surface area contributed by atoms with Gasteiger partial charge < -0.3 is 0 Å². The number of hydrogen-bond acceptors (Lipinski definition) is 4. The Morgan fingerprint density at radius 1 is 0.778 bits per heavy atom. The van der Waals surface area contributed by atoms with E-state index in [0.29, 0.717) is 16.7 Å². The summed E-state index contributed by atoms with van der Waals surface area (Å²) in [5.74, 6) is -0.409. The van der Waals surface area contributed by atoms with Crippen LogP contribution >= 0.6 is 0 Å². The predicted molar refractivity (Wildman–Crippen MR) is 104 cm³/mol. The molecule has 0 saturated heterocycles. The van der Waals surface area contributed by atoms with E-state index in [1.54, 1.807) is 48.5 Å². The van der Waals surface area contributed by atoms with Gasteiger partial charge in [-0.15, -0.1) is 0 Å². The molecular weight excluding hydrogens is 340 g/mol. The number of benzene rings is 2. The largest absolute Gasteiger partial charge is 0.289 e. The quantitative estimate of drug-likeness (QED) is 0.541. The first kappa shape index (κ1) is 17.9. The smallest absolute Gasteiger partial charge is 0.272 e. The van der Waals surface area contributed by atoms with Gasteiger partial charge in [0.2, 0.25) is 0 Å². The summed E-state index contributed by atoms with van der Waals surface area (Å²) in [5, 5.41) is 6.10. The Labute approximate surface area is 155 Å². The Bertz CT molecular complexity index is 1070. The van der Waals surface area contributed by atoms with Gasteiger partial charge in [-0.2, -0.15) is 5.10 Å². The minimum Gasteiger partial charge on any atom is -0.289 e. The number of aromatic nitrogens is 2. The molecule has 132 valence electrons. The van der Waals surface area contributed by atoms with Crippen molar-refractivity contribution in [1.82, 2.24) is 10.2 Å². The van der Waals surface area contributed by atoms with E-state index >= 15 is 0 Å². The van der Waals surface area contributed by atoms with Gasteiger partial charge in [0, 0.05) is 16.7 Å². The van der Waals surface area contributed by atoms with Crippen molar-refractivity contribution in [2.45, 2.75) is 0 Å². The van der Waals surface area contributed by atoms with Crippen LogP contribution in [-0.2, 0) is 0 Å². The Morgan fingerprint density at radius 2 is 1.30 bits per heavy atom. The molecule has 0 aliphatic carbocycles. The van der Waals surface area contributed by atoms with Gasteiger partial charge in [0.15, 0.2) is 11.6 Å². The lowest BCUT2D eigenvalue weighted by atomic mass is 10.1. The van der Waals surface area contributed by atoms with Crippen LogP contribution in [0.2, 0.25) is 0 Å². The minimum atomic E-state index is -0.443. The standard InChI is InChI=1S/C22H16N2O3/c25-20(16-7-3-1-4-8-16)13-11-18-15-23-24-22(27)19(18)12-14-21(26)17-9-5-2-6-10-17/h1-15H,(H,24,27)/b13-11+,14-12+. The fourth-order valence-electron chi connectivity index (χ4n) is 2.45. The highest BCUT2D eigenvalue weighted by molar-refractivity contribution is 6.08. The number of carbonyl (C=O) groups is 2. The van der Waals surface area contributed by atoms with Crippen LogP contribution in [0.5, 0.6) is 0 Å². The summed E-state index contributed by atoms with van der Waals surface area (Å²) in [6.45, 7) is 0. The molecule has 2 aromatic carbocycles. The second kappa shape index (κ2) is 8.49. The van der Waals surface area contributed by atoms with Gasteiger partial charge in [-0.25, -0.2) is 5.10 Å². The molecule has 3 rings (SSSR count). The highest BCUT2D eigenvalue weighted by Crippen LogP contribution is 2.10. The lowest BCUT2D eigenvalue weighted by molar-refractivity contribution is 0.103. The van der Waals surface area contributed by atoms with Crippen LogP contribution in [0.4, 0.5) is 0 Å². The number of hydrogen-bond donors (Lipinski definition) is 1. The summed E-state index contributed by atoms with van der Waals surface area (Å²) in [5.41, 5.74) is 1.33. The second-order valence-electron chi connectivity index (χ2n) is 5.70. The Hall–Kier alpha value is -3.86. The normalized spacial score (nSPS) is 11.1. The van der Waals surface area contributed by atoms with E-state index in [0.717, 1.165) is 0 Å². The summed E-state index contributed by atoms with van der Waals surface area (Å²) in [7, 11) is 0. The van der Waals surface area contributed by atoms with Crippen molar-refractivity contribution in [3.05, 3.63) is 112 Å². The molecule has 0 spiro atoms. The molecule has 0 amide bonds. The number of carbonyl (C=O) groups excluding carboxylic acids is 2. The van der Waals surface area contributed by atoms with Gasteiger partial charge in [0.1, 0.15) is 0 Å². The zero-order chi connectivity index (χ0) is 19.1. The number of ketones is 2. The van der Waals surface area contributed by atoms with E-state index in [-0.39, 0.29) is 17.1 Å². The molecule has 27 heavy (non-hydrogen) atoms. The molecule has 1 heterocycles. The SMILES string of the molecule is O=C(/C=C/c1cn[nH]c(=O)c1/C=C/C(=O)c1ccccc1)c1ccccc1. The maximum Gasteiger partial charge on any atom is 0.272 e. The fourth-order valence-corrected chi connectivity index (χ4v) is 2.45. The van der Waals surface area contributed by atoms with E-state index in [1.165, 1.54) is 30.5 Å². The summed E-state index contributed by atoms with van der Waals surface area (Å²) in [6.07, 6.45) is 7.09. The van der Waals surface area contributed by atoms with E-state index in [1.807, 2.05) is 12.1 Å². The Kier molecular flexibility index (Phi) is 5.64. The van der Waals surface area contributed by atoms with E-state index < -0.39 is 5.56 Å². The van der Waals surface area contributed by atoms with Crippen LogP contribution in [0.25, 0.3) is 12.2 Å². The lowest BCUT2D eigenvalue weighted by Crippen LogP contribution is -2.12. The molecule has 1 aromatic heterocycles. The molecule has 5 nitrogen and oxygen atoms in total. The van der Waals surface area contributed by atoms with Crippen molar-refractivity contribution in [2.75, 3.05) is 0 Å². The molecule has 0 bridgehead atoms. The first-order valence-electron chi connectivity index (χ1n) is 8.28. The topological polar surface area (TPSA) is 79.9 Å². The third-order valence-corrected chi connectivity index (χ3v) is 3.86. The number of allylic oxidation sites excluding steroid dienone is 2.